The molecule has 0 spiro atoms. The average Bonchev–Trinajstić information content (AvgIpc) is 2.46. The number of nitro groups is 1. The van der Waals surface area contributed by atoms with Crippen molar-refractivity contribution in [2.24, 2.45) is 0 Å². The zero-order chi connectivity index (χ0) is 13.7. The van der Waals surface area contributed by atoms with E-state index < -0.39 is 4.92 Å². The first-order valence-corrected chi connectivity index (χ1v) is 6.67. The summed E-state index contributed by atoms with van der Waals surface area (Å²) in [6, 6.07) is 10.4. The minimum absolute atomic E-state index is 0.111. The van der Waals surface area contributed by atoms with Crippen LogP contribution in [-0.2, 0) is 5.75 Å². The minimum Gasteiger partial charge on any atom is -0.388 e. The number of hydrogen-bond donors (Lipinski definition) is 1. The predicted molar refractivity (Wildman–Crippen MR) is 76.4 cm³/mol. The van der Waals surface area contributed by atoms with Crippen LogP contribution in [-0.4, -0.2) is 17.0 Å². The predicted octanol–water partition coefficient (Wildman–Crippen LogP) is 3.32. The third-order valence-corrected chi connectivity index (χ3v) is 3.59. The molecule has 0 aliphatic heterocycles. The lowest BCUT2D eigenvalue weighted by Crippen LogP contribution is -1.92. The average molecular weight is 275 g/mol. The molecule has 0 amide bonds. The SMILES string of the molecule is CNc1ccnc(CSc2ccc([N+](=O)[O-])cc2)c1. The van der Waals surface area contributed by atoms with Crippen molar-refractivity contribution in [2.45, 2.75) is 10.6 Å². The van der Waals surface area contributed by atoms with Crippen LogP contribution in [0.15, 0.2) is 47.5 Å². The molecule has 2 rings (SSSR count). The van der Waals surface area contributed by atoms with Gasteiger partial charge in [-0.1, -0.05) is 0 Å². The number of benzene rings is 1. The van der Waals surface area contributed by atoms with Crippen molar-refractivity contribution in [3.8, 4) is 0 Å². The van der Waals surface area contributed by atoms with Gasteiger partial charge in [0.15, 0.2) is 0 Å². The number of nitrogens with zero attached hydrogens (tertiary/aromatic N) is 2. The highest BCUT2D eigenvalue weighted by atomic mass is 32.2. The van der Waals surface area contributed by atoms with Gasteiger partial charge in [0.1, 0.15) is 0 Å². The molecule has 0 aliphatic carbocycles. The maximum Gasteiger partial charge on any atom is 0.269 e. The number of nitro benzene ring substituents is 1. The normalized spacial score (nSPS) is 10.2. The number of hydrogen-bond acceptors (Lipinski definition) is 5. The number of pyridine rings is 1. The van der Waals surface area contributed by atoms with Crippen LogP contribution in [0.1, 0.15) is 5.69 Å². The second kappa shape index (κ2) is 6.19. The van der Waals surface area contributed by atoms with Crippen LogP contribution in [0.25, 0.3) is 0 Å². The Bertz CT molecular complexity index is 572. The molecule has 0 bridgehead atoms. The molecule has 1 aromatic carbocycles. The smallest absolute Gasteiger partial charge is 0.269 e. The van der Waals surface area contributed by atoms with Crippen LogP contribution < -0.4 is 5.32 Å². The number of aromatic nitrogens is 1. The summed E-state index contributed by atoms with van der Waals surface area (Å²) < 4.78 is 0. The molecule has 0 saturated carbocycles. The first-order chi connectivity index (χ1) is 9.19. The third kappa shape index (κ3) is 3.69. The molecule has 19 heavy (non-hydrogen) atoms. The van der Waals surface area contributed by atoms with Gasteiger partial charge in [0.05, 0.1) is 10.6 Å². The molecule has 1 heterocycles. The zero-order valence-electron chi connectivity index (χ0n) is 10.4. The Balaban J connectivity index is 1.99. The molecule has 0 radical (unpaired) electrons. The maximum atomic E-state index is 10.5. The van der Waals surface area contributed by atoms with Gasteiger partial charge in [-0.15, -0.1) is 11.8 Å². The van der Waals surface area contributed by atoms with Gasteiger partial charge in [-0.2, -0.15) is 0 Å². The molecular formula is C13H13N3O2S. The second-order valence-corrected chi connectivity index (χ2v) is 4.87. The Morgan fingerprint density at radius 3 is 2.68 bits per heavy atom. The zero-order valence-corrected chi connectivity index (χ0v) is 11.2. The van der Waals surface area contributed by atoms with Gasteiger partial charge < -0.3 is 5.32 Å². The van der Waals surface area contributed by atoms with E-state index in [1.165, 1.54) is 12.1 Å². The Morgan fingerprint density at radius 1 is 1.32 bits per heavy atom. The first-order valence-electron chi connectivity index (χ1n) is 5.69. The second-order valence-electron chi connectivity index (χ2n) is 3.83. The Labute approximate surface area is 115 Å². The highest BCUT2D eigenvalue weighted by Crippen LogP contribution is 2.24. The number of thioether (sulfide) groups is 1. The molecule has 0 saturated heterocycles. The molecule has 6 heteroatoms. The summed E-state index contributed by atoms with van der Waals surface area (Å²) >= 11 is 1.60. The van der Waals surface area contributed by atoms with Crippen molar-refractivity contribution < 1.29 is 4.92 Å². The highest BCUT2D eigenvalue weighted by Gasteiger charge is 2.04. The molecule has 2 aromatic rings. The van der Waals surface area contributed by atoms with Crippen molar-refractivity contribution in [2.75, 3.05) is 12.4 Å². The Hall–Kier alpha value is -2.08. The van der Waals surface area contributed by atoms with E-state index in [0.29, 0.717) is 0 Å². The van der Waals surface area contributed by atoms with Crippen molar-refractivity contribution in [3.05, 3.63) is 58.4 Å². The number of rotatable bonds is 5. The van der Waals surface area contributed by atoms with Crippen LogP contribution in [0.3, 0.4) is 0 Å². The number of nitrogens with one attached hydrogen (secondary N) is 1. The van der Waals surface area contributed by atoms with E-state index in [-0.39, 0.29) is 5.69 Å². The van der Waals surface area contributed by atoms with Crippen LogP contribution in [0.4, 0.5) is 11.4 Å². The van der Waals surface area contributed by atoms with Gasteiger partial charge in [-0.25, -0.2) is 0 Å². The van der Waals surface area contributed by atoms with E-state index in [2.05, 4.69) is 10.3 Å². The molecule has 0 aliphatic rings. The fourth-order valence-electron chi connectivity index (χ4n) is 1.53. The molecule has 1 aromatic heterocycles. The van der Waals surface area contributed by atoms with Crippen LogP contribution in [0.2, 0.25) is 0 Å². The van der Waals surface area contributed by atoms with Crippen molar-refractivity contribution in [1.82, 2.24) is 4.98 Å². The van der Waals surface area contributed by atoms with Crippen molar-refractivity contribution in [1.29, 1.82) is 0 Å². The van der Waals surface area contributed by atoms with Crippen molar-refractivity contribution >= 4 is 23.1 Å². The molecular weight excluding hydrogens is 262 g/mol. The lowest BCUT2D eigenvalue weighted by Gasteiger charge is -2.04. The lowest BCUT2D eigenvalue weighted by atomic mass is 10.3. The first kappa shape index (κ1) is 13.4. The van der Waals surface area contributed by atoms with Crippen LogP contribution in [0, 0.1) is 10.1 Å². The summed E-state index contributed by atoms with van der Waals surface area (Å²) in [6.07, 6.45) is 1.76. The van der Waals surface area contributed by atoms with Crippen LogP contribution >= 0.6 is 11.8 Å². The Morgan fingerprint density at radius 2 is 2.05 bits per heavy atom. The molecule has 0 fully saturated rings. The van der Waals surface area contributed by atoms with E-state index in [1.807, 2.05) is 19.2 Å². The van der Waals surface area contributed by atoms with Gasteiger partial charge in [0.2, 0.25) is 0 Å². The monoisotopic (exact) mass is 275 g/mol. The number of non-ortho nitro benzene ring substituents is 1. The van der Waals surface area contributed by atoms with E-state index in [1.54, 1.807) is 30.1 Å². The van der Waals surface area contributed by atoms with E-state index in [9.17, 15) is 10.1 Å². The molecule has 1 N–H and O–H groups in total. The quantitative estimate of drug-likeness (QED) is 0.515. The highest BCUT2D eigenvalue weighted by molar-refractivity contribution is 7.98. The topological polar surface area (TPSA) is 68.1 Å². The summed E-state index contributed by atoms with van der Waals surface area (Å²) in [4.78, 5) is 15.4. The summed E-state index contributed by atoms with van der Waals surface area (Å²) in [5.74, 6) is 0.729. The number of anilines is 1. The standard InChI is InChI=1S/C13H13N3O2S/c1-14-10-6-7-15-11(8-10)9-19-13-4-2-12(3-5-13)16(17)18/h2-8H,9H2,1H3,(H,14,15). The summed E-state index contributed by atoms with van der Waals surface area (Å²) in [7, 11) is 1.86. The molecule has 0 unspecified atom stereocenters. The lowest BCUT2D eigenvalue weighted by molar-refractivity contribution is -0.384. The molecule has 98 valence electrons. The van der Waals surface area contributed by atoms with Gasteiger partial charge in [0, 0.05) is 41.7 Å². The van der Waals surface area contributed by atoms with E-state index >= 15 is 0 Å². The maximum absolute atomic E-state index is 10.5. The van der Waals surface area contributed by atoms with E-state index in [0.717, 1.165) is 22.0 Å². The molecule has 5 nitrogen and oxygen atoms in total. The summed E-state index contributed by atoms with van der Waals surface area (Å²) in [6.45, 7) is 0. The Kier molecular flexibility index (Phi) is 4.35. The molecule has 0 atom stereocenters. The van der Waals surface area contributed by atoms with Crippen LogP contribution in [0.5, 0.6) is 0 Å². The summed E-state index contributed by atoms with van der Waals surface area (Å²) in [5, 5.41) is 13.6. The third-order valence-electron chi connectivity index (χ3n) is 2.54. The van der Waals surface area contributed by atoms with Gasteiger partial charge >= 0.3 is 0 Å². The fraction of sp³-hybridized carbons (Fsp3) is 0.154. The van der Waals surface area contributed by atoms with Gasteiger partial charge in [-0.3, -0.25) is 15.1 Å². The summed E-state index contributed by atoms with van der Waals surface area (Å²) in [5.41, 5.74) is 2.10. The minimum atomic E-state index is -0.396. The van der Waals surface area contributed by atoms with Crippen molar-refractivity contribution in [3.63, 3.8) is 0 Å². The van der Waals surface area contributed by atoms with E-state index in [4.69, 9.17) is 0 Å². The van der Waals surface area contributed by atoms with Gasteiger partial charge in [-0.05, 0) is 24.3 Å². The largest absolute Gasteiger partial charge is 0.388 e. The van der Waals surface area contributed by atoms with Gasteiger partial charge in [0.25, 0.3) is 5.69 Å². The fourth-order valence-corrected chi connectivity index (χ4v) is 2.33.